The number of nitrogens with two attached hydrogens (primary N) is 1. The molecule has 0 saturated carbocycles. The van der Waals surface area contributed by atoms with Gasteiger partial charge in [0.25, 0.3) is 0 Å². The summed E-state index contributed by atoms with van der Waals surface area (Å²) in [5.74, 6) is 0.233. The number of halogens is 2. The molecule has 0 aliphatic rings. The lowest BCUT2D eigenvalue weighted by atomic mass is 10.0. The van der Waals surface area contributed by atoms with Gasteiger partial charge >= 0.3 is 0 Å². The summed E-state index contributed by atoms with van der Waals surface area (Å²) in [6.45, 7) is 4.03. The van der Waals surface area contributed by atoms with E-state index >= 15 is 0 Å². The van der Waals surface area contributed by atoms with E-state index in [1.54, 1.807) is 12.1 Å². The molecule has 0 aliphatic heterocycles. The van der Waals surface area contributed by atoms with Crippen molar-refractivity contribution < 1.29 is 9.90 Å². The highest BCUT2D eigenvalue weighted by Crippen LogP contribution is 2.35. The average Bonchev–Trinajstić information content (AvgIpc) is 2.24. The molecule has 6 heteroatoms. The third kappa shape index (κ3) is 4.26. The molecule has 0 heterocycles. The number of phenolic OH excluding ortho intramolecular Hbond substituents is 1. The molecule has 0 radical (unpaired) electrons. The van der Waals surface area contributed by atoms with Crippen LogP contribution in [0.4, 0.5) is 5.69 Å². The van der Waals surface area contributed by atoms with Gasteiger partial charge in [0.05, 0.1) is 15.0 Å². The van der Waals surface area contributed by atoms with Crippen molar-refractivity contribution in [3.63, 3.8) is 0 Å². The highest BCUT2D eigenvalue weighted by molar-refractivity contribution is 9.11. The van der Waals surface area contributed by atoms with Gasteiger partial charge < -0.3 is 16.2 Å². The monoisotopic (exact) mass is 378 g/mol. The first-order valence-electron chi connectivity index (χ1n) is 5.55. The van der Waals surface area contributed by atoms with Crippen molar-refractivity contribution in [3.05, 3.63) is 21.1 Å². The summed E-state index contributed by atoms with van der Waals surface area (Å²) in [4.78, 5) is 11.8. The molecule has 100 valence electrons. The summed E-state index contributed by atoms with van der Waals surface area (Å²) in [6, 6.07) is 2.72. The number of hydrogen-bond acceptors (Lipinski definition) is 3. The van der Waals surface area contributed by atoms with Gasteiger partial charge in [-0.25, -0.2) is 0 Å². The normalized spacial score (nSPS) is 12.6. The average molecular weight is 380 g/mol. The van der Waals surface area contributed by atoms with E-state index in [0.29, 0.717) is 27.0 Å². The second-order valence-electron chi connectivity index (χ2n) is 4.51. The van der Waals surface area contributed by atoms with Crippen LogP contribution < -0.4 is 11.1 Å². The number of rotatable bonds is 4. The standard InChI is InChI=1S/C12H16Br2N2O2/c1-6(2)3-10(15)12(18)16-7-4-8(13)11(17)9(14)5-7/h4-6,10,17H,3,15H2,1-2H3,(H,16,18)/t10-/m0/s1. The Morgan fingerprint density at radius 2 is 1.89 bits per heavy atom. The molecule has 0 aromatic heterocycles. The largest absolute Gasteiger partial charge is 0.506 e. The Labute approximate surface area is 123 Å². The molecule has 1 atom stereocenters. The Morgan fingerprint density at radius 3 is 2.33 bits per heavy atom. The van der Waals surface area contributed by atoms with Crippen LogP contribution in [0.15, 0.2) is 21.1 Å². The highest BCUT2D eigenvalue weighted by Gasteiger charge is 2.16. The lowest BCUT2D eigenvalue weighted by Gasteiger charge is -2.14. The van der Waals surface area contributed by atoms with E-state index in [4.69, 9.17) is 5.73 Å². The van der Waals surface area contributed by atoms with E-state index in [1.807, 2.05) is 13.8 Å². The van der Waals surface area contributed by atoms with Crippen LogP contribution in [0.25, 0.3) is 0 Å². The first-order valence-corrected chi connectivity index (χ1v) is 7.14. The number of phenols is 1. The number of benzene rings is 1. The summed E-state index contributed by atoms with van der Waals surface area (Å²) in [6.07, 6.45) is 0.631. The number of hydrogen-bond donors (Lipinski definition) is 3. The second kappa shape index (κ2) is 6.54. The van der Waals surface area contributed by atoms with E-state index < -0.39 is 6.04 Å². The number of amides is 1. The van der Waals surface area contributed by atoms with Crippen LogP contribution in [0.5, 0.6) is 5.75 Å². The predicted molar refractivity (Wildman–Crippen MR) is 79.6 cm³/mol. The zero-order chi connectivity index (χ0) is 13.9. The fourth-order valence-electron chi connectivity index (χ4n) is 1.49. The van der Waals surface area contributed by atoms with Crippen LogP contribution in [0.3, 0.4) is 0 Å². The predicted octanol–water partition coefficient (Wildman–Crippen LogP) is 3.23. The molecule has 0 fully saturated rings. The van der Waals surface area contributed by atoms with Crippen molar-refractivity contribution in [1.82, 2.24) is 0 Å². The number of carbonyl (C=O) groups is 1. The Hall–Kier alpha value is -0.590. The summed E-state index contributed by atoms with van der Waals surface area (Å²) in [5.41, 5.74) is 6.37. The Morgan fingerprint density at radius 1 is 1.39 bits per heavy atom. The maximum atomic E-state index is 11.8. The SMILES string of the molecule is CC(C)C[C@H](N)C(=O)Nc1cc(Br)c(O)c(Br)c1. The van der Waals surface area contributed by atoms with Gasteiger partial charge in [-0.05, 0) is 56.3 Å². The molecule has 4 nitrogen and oxygen atoms in total. The smallest absolute Gasteiger partial charge is 0.241 e. The van der Waals surface area contributed by atoms with Crippen LogP contribution in [0.2, 0.25) is 0 Å². The maximum Gasteiger partial charge on any atom is 0.241 e. The number of anilines is 1. The van der Waals surface area contributed by atoms with E-state index in [9.17, 15) is 9.90 Å². The molecule has 4 N–H and O–H groups in total. The summed E-state index contributed by atoms with van der Waals surface area (Å²) >= 11 is 6.40. The minimum Gasteiger partial charge on any atom is -0.506 e. The van der Waals surface area contributed by atoms with Gasteiger partial charge in [0.2, 0.25) is 5.91 Å². The molecule has 0 unspecified atom stereocenters. The van der Waals surface area contributed by atoms with Crippen molar-refractivity contribution in [2.45, 2.75) is 26.3 Å². The summed E-state index contributed by atoms with van der Waals surface area (Å²) < 4.78 is 1.01. The Balaban J connectivity index is 2.76. The van der Waals surface area contributed by atoms with E-state index in [2.05, 4.69) is 37.2 Å². The minimum atomic E-state index is -0.531. The number of nitrogens with one attached hydrogen (secondary N) is 1. The van der Waals surface area contributed by atoms with Gasteiger partial charge in [0.15, 0.2) is 0 Å². The van der Waals surface area contributed by atoms with Crippen molar-refractivity contribution in [3.8, 4) is 5.75 Å². The molecule has 1 aromatic rings. The highest BCUT2D eigenvalue weighted by atomic mass is 79.9. The molecule has 1 aromatic carbocycles. The molecule has 1 rings (SSSR count). The third-order valence-corrected chi connectivity index (χ3v) is 3.56. The van der Waals surface area contributed by atoms with E-state index in [-0.39, 0.29) is 11.7 Å². The van der Waals surface area contributed by atoms with E-state index in [1.165, 1.54) is 0 Å². The fourth-order valence-corrected chi connectivity index (χ4v) is 2.67. The van der Waals surface area contributed by atoms with Crippen LogP contribution >= 0.6 is 31.9 Å². The number of aromatic hydroxyl groups is 1. The maximum absolute atomic E-state index is 11.8. The van der Waals surface area contributed by atoms with Crippen molar-refractivity contribution in [2.24, 2.45) is 11.7 Å². The molecule has 18 heavy (non-hydrogen) atoms. The van der Waals surface area contributed by atoms with E-state index in [0.717, 1.165) is 0 Å². The lowest BCUT2D eigenvalue weighted by Crippen LogP contribution is -2.36. The van der Waals surface area contributed by atoms with Gasteiger partial charge in [0, 0.05) is 5.69 Å². The molecule has 0 spiro atoms. The first kappa shape index (κ1) is 15.5. The molecule has 0 saturated heterocycles. The summed E-state index contributed by atoms with van der Waals surface area (Å²) in [5, 5.41) is 12.3. The minimum absolute atomic E-state index is 0.0967. The lowest BCUT2D eigenvalue weighted by molar-refractivity contribution is -0.117. The molecule has 0 bridgehead atoms. The van der Waals surface area contributed by atoms with Crippen molar-refractivity contribution in [2.75, 3.05) is 5.32 Å². The number of carbonyl (C=O) groups excluding carboxylic acids is 1. The molecular formula is C12H16Br2N2O2. The zero-order valence-corrected chi connectivity index (χ0v) is 13.4. The summed E-state index contributed by atoms with van der Waals surface area (Å²) in [7, 11) is 0. The van der Waals surface area contributed by atoms with Crippen LogP contribution in [0.1, 0.15) is 20.3 Å². The van der Waals surface area contributed by atoms with Crippen molar-refractivity contribution in [1.29, 1.82) is 0 Å². The van der Waals surface area contributed by atoms with Crippen molar-refractivity contribution >= 4 is 43.5 Å². The molecule has 0 aliphatic carbocycles. The van der Waals surface area contributed by atoms with Gasteiger partial charge in [0.1, 0.15) is 5.75 Å². The van der Waals surface area contributed by atoms with Crippen LogP contribution in [-0.4, -0.2) is 17.1 Å². The van der Waals surface area contributed by atoms with Gasteiger partial charge in [-0.2, -0.15) is 0 Å². The topological polar surface area (TPSA) is 75.4 Å². The zero-order valence-electron chi connectivity index (χ0n) is 10.2. The Bertz CT molecular complexity index is 427. The third-order valence-electron chi connectivity index (χ3n) is 2.35. The molecular weight excluding hydrogens is 364 g/mol. The quantitative estimate of drug-likeness (QED) is 0.703. The van der Waals surface area contributed by atoms with Gasteiger partial charge in [-0.15, -0.1) is 0 Å². The first-order chi connectivity index (χ1) is 8.31. The van der Waals surface area contributed by atoms with Gasteiger partial charge in [-0.1, -0.05) is 13.8 Å². The molecule has 1 amide bonds. The Kier molecular flexibility index (Phi) is 5.62. The van der Waals surface area contributed by atoms with Gasteiger partial charge in [-0.3, -0.25) is 4.79 Å². The van der Waals surface area contributed by atoms with Crippen LogP contribution in [0, 0.1) is 5.92 Å². The van der Waals surface area contributed by atoms with Crippen LogP contribution in [-0.2, 0) is 4.79 Å². The fraction of sp³-hybridized carbons (Fsp3) is 0.417. The second-order valence-corrected chi connectivity index (χ2v) is 6.22.